The van der Waals surface area contributed by atoms with Gasteiger partial charge in [0.2, 0.25) is 0 Å². The predicted molar refractivity (Wildman–Crippen MR) is 43.3 cm³/mol. The first-order valence-electron chi connectivity index (χ1n) is 4.06. The molecule has 2 atom stereocenters. The van der Waals surface area contributed by atoms with Crippen LogP contribution in [0.2, 0.25) is 0 Å². The first kappa shape index (κ1) is 8.97. The van der Waals surface area contributed by atoms with Crippen molar-refractivity contribution in [2.45, 2.75) is 19.4 Å². The third-order valence-electron chi connectivity index (χ3n) is 2.71. The Morgan fingerprint density at radius 3 is 2.73 bits per heavy atom. The normalized spacial score (nSPS) is 40.9. The summed E-state index contributed by atoms with van der Waals surface area (Å²) in [6, 6.07) is 0. The van der Waals surface area contributed by atoms with E-state index in [4.69, 9.17) is 5.11 Å². The fraction of sp³-hybridized carbons (Fsp3) is 1.00. The van der Waals surface area contributed by atoms with E-state index < -0.39 is 0 Å². The third kappa shape index (κ3) is 1.72. The van der Waals surface area contributed by atoms with Crippen LogP contribution in [0, 0.1) is 5.41 Å². The summed E-state index contributed by atoms with van der Waals surface area (Å²) in [7, 11) is 1.99. The van der Waals surface area contributed by atoms with E-state index in [-0.39, 0.29) is 18.1 Å². The molecule has 0 aliphatic carbocycles. The van der Waals surface area contributed by atoms with E-state index in [2.05, 4.69) is 4.90 Å². The molecule has 0 radical (unpaired) electrons. The maximum atomic E-state index is 9.60. The summed E-state index contributed by atoms with van der Waals surface area (Å²) in [6.45, 7) is 3.66. The molecule has 1 aliphatic heterocycles. The lowest BCUT2D eigenvalue weighted by molar-refractivity contribution is -0.0567. The Bertz CT molecular complexity index is 140. The van der Waals surface area contributed by atoms with Crippen molar-refractivity contribution in [2.24, 2.45) is 5.41 Å². The zero-order valence-corrected chi connectivity index (χ0v) is 7.25. The quantitative estimate of drug-likeness (QED) is 0.551. The van der Waals surface area contributed by atoms with Crippen LogP contribution in [0.15, 0.2) is 0 Å². The minimum absolute atomic E-state index is 0.0853. The molecular weight excluding hydrogens is 142 g/mol. The van der Waals surface area contributed by atoms with Gasteiger partial charge in [0.15, 0.2) is 0 Å². The van der Waals surface area contributed by atoms with Crippen molar-refractivity contribution in [3.63, 3.8) is 0 Å². The van der Waals surface area contributed by atoms with Crippen LogP contribution in [0.25, 0.3) is 0 Å². The molecule has 1 rings (SSSR count). The van der Waals surface area contributed by atoms with Crippen LogP contribution in [-0.4, -0.2) is 48.0 Å². The van der Waals surface area contributed by atoms with Gasteiger partial charge in [0.05, 0.1) is 12.7 Å². The number of piperidine rings is 1. The molecule has 0 aromatic rings. The maximum Gasteiger partial charge on any atom is 0.0742 e. The molecule has 0 amide bonds. The molecule has 11 heavy (non-hydrogen) atoms. The topological polar surface area (TPSA) is 43.7 Å². The van der Waals surface area contributed by atoms with E-state index in [9.17, 15) is 5.11 Å². The van der Waals surface area contributed by atoms with Gasteiger partial charge >= 0.3 is 0 Å². The van der Waals surface area contributed by atoms with Crippen LogP contribution in [0.4, 0.5) is 0 Å². The molecule has 1 fully saturated rings. The molecule has 0 aromatic heterocycles. The summed E-state index contributed by atoms with van der Waals surface area (Å²) < 4.78 is 0. The standard InChI is InChI=1S/C8H17NO2/c1-8(6-10)3-4-9(2)5-7(8)11/h7,10-11H,3-6H2,1-2H3. The van der Waals surface area contributed by atoms with E-state index in [1.54, 1.807) is 0 Å². The summed E-state index contributed by atoms with van der Waals surface area (Å²) in [5.41, 5.74) is -0.271. The number of aliphatic hydroxyl groups excluding tert-OH is 2. The SMILES string of the molecule is CN1CCC(C)(CO)C(O)C1. The highest BCUT2D eigenvalue weighted by molar-refractivity contribution is 4.88. The molecule has 2 N–H and O–H groups in total. The summed E-state index contributed by atoms with van der Waals surface area (Å²) in [4.78, 5) is 2.09. The second kappa shape index (κ2) is 3.09. The molecule has 1 aliphatic rings. The minimum atomic E-state index is -0.383. The van der Waals surface area contributed by atoms with Gasteiger partial charge in [-0.2, -0.15) is 0 Å². The van der Waals surface area contributed by atoms with Crippen LogP contribution in [-0.2, 0) is 0 Å². The number of hydrogen-bond acceptors (Lipinski definition) is 3. The van der Waals surface area contributed by atoms with E-state index in [0.717, 1.165) is 13.0 Å². The number of likely N-dealkylation sites (N-methyl/N-ethyl adjacent to an activating group) is 1. The third-order valence-corrected chi connectivity index (χ3v) is 2.71. The van der Waals surface area contributed by atoms with E-state index in [1.165, 1.54) is 0 Å². The van der Waals surface area contributed by atoms with Crippen molar-refractivity contribution in [1.82, 2.24) is 4.90 Å². The Balaban J connectivity index is 2.56. The first-order valence-corrected chi connectivity index (χ1v) is 4.06. The fourth-order valence-electron chi connectivity index (χ4n) is 1.40. The molecule has 1 saturated heterocycles. The molecule has 2 unspecified atom stereocenters. The van der Waals surface area contributed by atoms with E-state index in [1.807, 2.05) is 14.0 Å². The van der Waals surface area contributed by atoms with Gasteiger partial charge in [-0.15, -0.1) is 0 Å². The van der Waals surface area contributed by atoms with Crippen LogP contribution in [0.3, 0.4) is 0 Å². The molecule has 3 heteroatoms. The fourth-order valence-corrected chi connectivity index (χ4v) is 1.40. The lowest BCUT2D eigenvalue weighted by Crippen LogP contribution is -2.49. The molecule has 0 bridgehead atoms. The number of rotatable bonds is 1. The van der Waals surface area contributed by atoms with Crippen LogP contribution in [0.5, 0.6) is 0 Å². The number of β-amino-alcohol motifs (C(OH)–C–C–N with tert-alkyl or cyclic N) is 1. The summed E-state index contributed by atoms with van der Waals surface area (Å²) >= 11 is 0. The highest BCUT2D eigenvalue weighted by atomic mass is 16.3. The lowest BCUT2D eigenvalue weighted by Gasteiger charge is -2.40. The van der Waals surface area contributed by atoms with Gasteiger partial charge in [0, 0.05) is 12.0 Å². The van der Waals surface area contributed by atoms with Gasteiger partial charge in [-0.1, -0.05) is 6.92 Å². The minimum Gasteiger partial charge on any atom is -0.396 e. The Hall–Kier alpha value is -0.120. The van der Waals surface area contributed by atoms with Crippen molar-refractivity contribution in [1.29, 1.82) is 0 Å². The van der Waals surface area contributed by atoms with Crippen molar-refractivity contribution < 1.29 is 10.2 Å². The van der Waals surface area contributed by atoms with Gasteiger partial charge < -0.3 is 15.1 Å². The highest BCUT2D eigenvalue weighted by Gasteiger charge is 2.36. The van der Waals surface area contributed by atoms with E-state index >= 15 is 0 Å². The zero-order valence-electron chi connectivity index (χ0n) is 7.25. The van der Waals surface area contributed by atoms with Gasteiger partial charge in [-0.3, -0.25) is 0 Å². The maximum absolute atomic E-state index is 9.60. The van der Waals surface area contributed by atoms with Gasteiger partial charge in [-0.05, 0) is 20.0 Å². The monoisotopic (exact) mass is 159 g/mol. The van der Waals surface area contributed by atoms with E-state index in [0.29, 0.717) is 6.54 Å². The Morgan fingerprint density at radius 1 is 1.64 bits per heavy atom. The first-order chi connectivity index (χ1) is 5.08. The number of hydrogen-bond donors (Lipinski definition) is 2. The molecule has 1 heterocycles. The average molecular weight is 159 g/mol. The largest absolute Gasteiger partial charge is 0.396 e. The van der Waals surface area contributed by atoms with Gasteiger partial charge in [0.25, 0.3) is 0 Å². The Labute approximate surface area is 67.6 Å². The average Bonchev–Trinajstić information content (AvgIpc) is 1.98. The summed E-state index contributed by atoms with van der Waals surface area (Å²) in [6.07, 6.45) is 0.493. The van der Waals surface area contributed by atoms with Crippen LogP contribution >= 0.6 is 0 Å². The molecule has 66 valence electrons. The summed E-state index contributed by atoms with van der Waals surface area (Å²) in [5.74, 6) is 0. The molecule has 0 aromatic carbocycles. The van der Waals surface area contributed by atoms with Crippen molar-refractivity contribution in [2.75, 3.05) is 26.7 Å². The van der Waals surface area contributed by atoms with Gasteiger partial charge in [-0.25, -0.2) is 0 Å². The van der Waals surface area contributed by atoms with Gasteiger partial charge in [0.1, 0.15) is 0 Å². The van der Waals surface area contributed by atoms with Crippen LogP contribution < -0.4 is 0 Å². The molecule has 0 spiro atoms. The number of likely N-dealkylation sites (tertiary alicyclic amines) is 1. The van der Waals surface area contributed by atoms with Crippen molar-refractivity contribution in [3.05, 3.63) is 0 Å². The highest BCUT2D eigenvalue weighted by Crippen LogP contribution is 2.29. The predicted octanol–water partition coefficient (Wildman–Crippen LogP) is -0.319. The number of nitrogens with zero attached hydrogens (tertiary/aromatic N) is 1. The second-order valence-corrected chi connectivity index (χ2v) is 3.84. The lowest BCUT2D eigenvalue weighted by atomic mass is 9.79. The number of aliphatic hydroxyl groups is 2. The molecule has 3 nitrogen and oxygen atoms in total. The van der Waals surface area contributed by atoms with Crippen molar-refractivity contribution >= 4 is 0 Å². The smallest absolute Gasteiger partial charge is 0.0742 e. The Kier molecular flexibility index (Phi) is 2.52. The molecule has 0 saturated carbocycles. The Morgan fingerprint density at radius 2 is 2.27 bits per heavy atom. The second-order valence-electron chi connectivity index (χ2n) is 3.84. The zero-order chi connectivity index (χ0) is 8.48. The molecular formula is C8H17NO2. The van der Waals surface area contributed by atoms with Crippen LogP contribution in [0.1, 0.15) is 13.3 Å². The van der Waals surface area contributed by atoms with Crippen molar-refractivity contribution in [3.8, 4) is 0 Å². The summed E-state index contributed by atoms with van der Waals surface area (Å²) in [5, 5.41) is 18.6.